The van der Waals surface area contributed by atoms with Gasteiger partial charge in [0, 0.05) is 27.7 Å². The Morgan fingerprint density at radius 2 is 1.45 bits per heavy atom. The number of amides is 1. The Balaban J connectivity index is 3.56. The van der Waals surface area contributed by atoms with E-state index in [9.17, 15) is 28.8 Å². The van der Waals surface area contributed by atoms with Crippen molar-refractivity contribution < 1.29 is 56.8 Å². The zero-order chi connectivity index (χ0) is 25.3. The van der Waals surface area contributed by atoms with Gasteiger partial charge in [0.2, 0.25) is 5.91 Å². The van der Waals surface area contributed by atoms with Crippen molar-refractivity contribution in [1.82, 2.24) is 5.32 Å². The lowest BCUT2D eigenvalue weighted by Crippen LogP contribution is -2.68. The normalized spacial score (nSPS) is 26.1. The average molecular weight is 497 g/mol. The predicted octanol–water partition coefficient (Wildman–Crippen LogP) is 0.270. The van der Waals surface area contributed by atoms with Gasteiger partial charge in [0.1, 0.15) is 18.8 Å². The lowest BCUT2D eigenvalue weighted by atomic mass is 9.92. The number of esters is 3. The summed E-state index contributed by atoms with van der Waals surface area (Å²) in [5.41, 5.74) is 0. The van der Waals surface area contributed by atoms with Crippen LogP contribution in [0.25, 0.3) is 0 Å². The first-order chi connectivity index (χ1) is 15.4. The highest BCUT2D eigenvalue weighted by atomic mass is 31.2. The van der Waals surface area contributed by atoms with E-state index < -0.39 is 74.3 Å². The van der Waals surface area contributed by atoms with Gasteiger partial charge in [-0.2, -0.15) is 0 Å². The molecule has 13 nitrogen and oxygen atoms in total. The molecule has 0 aromatic heterocycles. The molecule has 33 heavy (non-hydrogen) atoms. The monoisotopic (exact) mass is 497 g/mol. The van der Waals surface area contributed by atoms with Crippen molar-refractivity contribution >= 4 is 31.4 Å². The van der Waals surface area contributed by atoms with Gasteiger partial charge in [-0.05, 0) is 13.8 Å². The first-order valence-electron chi connectivity index (χ1n) is 10.3. The van der Waals surface area contributed by atoms with Crippen LogP contribution in [0.2, 0.25) is 0 Å². The Morgan fingerprint density at radius 3 is 1.88 bits per heavy atom. The van der Waals surface area contributed by atoms with E-state index in [1.807, 2.05) is 0 Å². The molecular weight excluding hydrogens is 465 g/mol. The highest BCUT2D eigenvalue weighted by Gasteiger charge is 2.56. The lowest BCUT2D eigenvalue weighted by molar-refractivity contribution is -0.231. The number of carbonyl (C=O) groups excluding carboxylic acids is 4. The molecule has 0 radical (unpaired) electrons. The third-order valence-corrected chi connectivity index (χ3v) is 6.57. The van der Waals surface area contributed by atoms with Crippen molar-refractivity contribution in [2.24, 2.45) is 0 Å². The Hall–Kier alpha value is -2.05. The van der Waals surface area contributed by atoms with E-state index in [1.54, 1.807) is 0 Å². The third kappa shape index (κ3) is 8.35. The van der Waals surface area contributed by atoms with Crippen molar-refractivity contribution in [1.29, 1.82) is 0 Å². The quantitative estimate of drug-likeness (QED) is 0.227. The minimum Gasteiger partial charge on any atom is -0.463 e. The van der Waals surface area contributed by atoms with Crippen molar-refractivity contribution in [2.75, 3.05) is 19.8 Å². The molecule has 0 saturated carbocycles. The molecule has 0 aromatic rings. The molecule has 1 aliphatic heterocycles. The molecule has 14 heteroatoms. The number of hydrogen-bond donors (Lipinski definition) is 2. The van der Waals surface area contributed by atoms with Gasteiger partial charge in [-0.15, -0.1) is 0 Å². The molecule has 0 aromatic carbocycles. The Kier molecular flexibility index (Phi) is 11.4. The van der Waals surface area contributed by atoms with Crippen LogP contribution in [-0.2, 0) is 51.7 Å². The van der Waals surface area contributed by atoms with Gasteiger partial charge in [-0.3, -0.25) is 23.7 Å². The number of rotatable bonds is 11. The molecule has 1 aliphatic rings. The van der Waals surface area contributed by atoms with Crippen LogP contribution >= 0.6 is 7.60 Å². The second kappa shape index (κ2) is 13.0. The van der Waals surface area contributed by atoms with Gasteiger partial charge in [0.25, 0.3) is 0 Å². The topological polar surface area (TPSA) is 173 Å². The van der Waals surface area contributed by atoms with Gasteiger partial charge >= 0.3 is 25.5 Å². The SMILES string of the molecule is CCOP(=O)(OCC)[C@H](O)[C@H]1OC(COC(C)=O)[C@@H](OC(C)=O)C(OC(C)=O)C1NC(C)=O. The molecule has 1 amide bonds. The molecule has 6 atom stereocenters. The molecule has 2 N–H and O–H groups in total. The van der Waals surface area contributed by atoms with Crippen LogP contribution < -0.4 is 5.32 Å². The molecule has 3 unspecified atom stereocenters. The predicted molar refractivity (Wildman–Crippen MR) is 111 cm³/mol. The fourth-order valence-corrected chi connectivity index (χ4v) is 5.07. The van der Waals surface area contributed by atoms with Crippen LogP contribution in [0.5, 0.6) is 0 Å². The number of carbonyl (C=O) groups is 4. The standard InChI is InChI=1S/C19H32NO12P/c1-7-28-33(26,29-8-2)19(25)18-15(20-10(3)21)17(31-13(6)24)16(30-12(5)23)14(32-18)9-27-11(4)22/h14-19,25H,7-9H2,1-6H3,(H,20,21)/t14?,15?,16-,17?,18+,19+/m1/s1. The molecule has 1 saturated heterocycles. The Bertz CT molecular complexity index is 749. The molecular formula is C19H32NO12P. The third-order valence-electron chi connectivity index (χ3n) is 4.39. The molecule has 1 rings (SSSR count). The van der Waals surface area contributed by atoms with Crippen LogP contribution in [0, 0.1) is 0 Å². The number of hydrogen-bond acceptors (Lipinski definition) is 12. The fraction of sp³-hybridized carbons (Fsp3) is 0.789. The van der Waals surface area contributed by atoms with Crippen molar-refractivity contribution in [2.45, 2.75) is 77.8 Å². The van der Waals surface area contributed by atoms with Gasteiger partial charge in [-0.25, -0.2) is 0 Å². The minimum atomic E-state index is -4.21. The summed E-state index contributed by atoms with van der Waals surface area (Å²) in [5.74, 6) is -4.82. The lowest BCUT2D eigenvalue weighted by Gasteiger charge is -2.47. The van der Waals surface area contributed by atoms with E-state index in [-0.39, 0.29) is 13.2 Å². The summed E-state index contributed by atoms with van der Waals surface area (Å²) in [6.07, 6.45) is -5.54. The van der Waals surface area contributed by atoms with Gasteiger partial charge in [0.05, 0.1) is 19.3 Å². The van der Waals surface area contributed by atoms with E-state index in [1.165, 1.54) is 13.8 Å². The van der Waals surface area contributed by atoms with Crippen molar-refractivity contribution in [3.8, 4) is 0 Å². The van der Waals surface area contributed by atoms with E-state index in [4.69, 9.17) is 28.0 Å². The molecule has 0 bridgehead atoms. The zero-order valence-corrected chi connectivity index (χ0v) is 20.4. The van der Waals surface area contributed by atoms with Crippen molar-refractivity contribution in [3.63, 3.8) is 0 Å². The van der Waals surface area contributed by atoms with Gasteiger partial charge < -0.3 is 38.4 Å². The van der Waals surface area contributed by atoms with E-state index in [2.05, 4.69) is 5.32 Å². The highest BCUT2D eigenvalue weighted by molar-refractivity contribution is 7.54. The number of aliphatic hydroxyl groups excluding tert-OH is 1. The molecule has 0 aliphatic carbocycles. The Labute approximate surface area is 191 Å². The number of aliphatic hydroxyl groups is 1. The van der Waals surface area contributed by atoms with E-state index in [0.717, 1.165) is 27.7 Å². The maximum Gasteiger partial charge on any atom is 0.361 e. The number of nitrogens with one attached hydrogen (secondary N) is 1. The average Bonchev–Trinajstić information content (AvgIpc) is 2.68. The minimum absolute atomic E-state index is 0.0772. The number of ether oxygens (including phenoxy) is 4. The summed E-state index contributed by atoms with van der Waals surface area (Å²) >= 11 is 0. The molecule has 1 fully saturated rings. The van der Waals surface area contributed by atoms with Crippen LogP contribution in [0.15, 0.2) is 0 Å². The molecule has 1 heterocycles. The Morgan fingerprint density at radius 1 is 0.939 bits per heavy atom. The molecule has 0 spiro atoms. The summed E-state index contributed by atoms with van der Waals surface area (Å²) in [6, 6.07) is -1.34. The summed E-state index contributed by atoms with van der Waals surface area (Å²) < 4.78 is 45.0. The van der Waals surface area contributed by atoms with Crippen LogP contribution in [0.1, 0.15) is 41.5 Å². The molecule has 190 valence electrons. The van der Waals surface area contributed by atoms with Crippen LogP contribution in [-0.4, -0.2) is 85.0 Å². The van der Waals surface area contributed by atoms with Crippen LogP contribution in [0.3, 0.4) is 0 Å². The largest absolute Gasteiger partial charge is 0.463 e. The van der Waals surface area contributed by atoms with Gasteiger partial charge in [0.15, 0.2) is 18.1 Å². The highest BCUT2D eigenvalue weighted by Crippen LogP contribution is 2.54. The summed E-state index contributed by atoms with van der Waals surface area (Å²) in [6.45, 7) is 6.93. The fourth-order valence-electron chi connectivity index (χ4n) is 3.35. The maximum atomic E-state index is 13.2. The zero-order valence-electron chi connectivity index (χ0n) is 19.5. The van der Waals surface area contributed by atoms with E-state index in [0.29, 0.717) is 0 Å². The second-order valence-electron chi connectivity index (χ2n) is 7.11. The summed E-state index contributed by atoms with van der Waals surface area (Å²) in [4.78, 5) is 46.9. The van der Waals surface area contributed by atoms with Gasteiger partial charge in [-0.1, -0.05) is 0 Å². The first kappa shape index (κ1) is 29.0. The van der Waals surface area contributed by atoms with E-state index >= 15 is 0 Å². The summed E-state index contributed by atoms with van der Waals surface area (Å²) in [5, 5.41) is 13.5. The first-order valence-corrected chi connectivity index (χ1v) is 11.9. The maximum absolute atomic E-state index is 13.2. The second-order valence-corrected chi connectivity index (χ2v) is 9.23. The van der Waals surface area contributed by atoms with Crippen molar-refractivity contribution in [3.05, 3.63) is 0 Å². The smallest absolute Gasteiger partial charge is 0.361 e. The summed E-state index contributed by atoms with van der Waals surface area (Å²) in [7, 11) is -4.21. The van der Waals surface area contributed by atoms with Crippen LogP contribution in [0.4, 0.5) is 0 Å².